The van der Waals surface area contributed by atoms with Crippen molar-refractivity contribution in [2.45, 2.75) is 46.4 Å². The number of amides is 2. The first kappa shape index (κ1) is 21.2. The molecule has 2 atom stereocenters. The third-order valence-corrected chi connectivity index (χ3v) is 4.20. The molecule has 0 unspecified atom stereocenters. The Bertz CT molecular complexity index is 797. The van der Waals surface area contributed by atoms with Crippen LogP contribution in [0, 0.1) is 12.8 Å². The number of benzene rings is 1. The lowest BCUT2D eigenvalue weighted by atomic mass is 10.0. The maximum absolute atomic E-state index is 12.5. The molecule has 0 bridgehead atoms. The predicted octanol–water partition coefficient (Wildman–Crippen LogP) is 2.59. The van der Waals surface area contributed by atoms with Gasteiger partial charge in [-0.2, -0.15) is 0 Å². The summed E-state index contributed by atoms with van der Waals surface area (Å²) in [5.41, 5.74) is 2.08. The van der Waals surface area contributed by atoms with Crippen molar-refractivity contribution in [3.05, 3.63) is 59.5 Å². The van der Waals surface area contributed by atoms with Crippen molar-refractivity contribution in [3.63, 3.8) is 0 Å². The number of hydrogen-bond acceptors (Lipinski definition) is 5. The van der Waals surface area contributed by atoms with E-state index in [1.54, 1.807) is 19.9 Å². The van der Waals surface area contributed by atoms with Crippen LogP contribution in [0.25, 0.3) is 0 Å². The van der Waals surface area contributed by atoms with Crippen LogP contribution >= 0.6 is 0 Å². The van der Waals surface area contributed by atoms with Crippen LogP contribution in [0.2, 0.25) is 0 Å². The van der Waals surface area contributed by atoms with Crippen molar-refractivity contribution in [2.24, 2.45) is 5.92 Å². The van der Waals surface area contributed by atoms with Crippen LogP contribution in [0.1, 0.15) is 42.5 Å². The number of furan rings is 1. The third-order valence-electron chi connectivity index (χ3n) is 4.20. The zero-order valence-corrected chi connectivity index (χ0v) is 16.5. The molecule has 0 aliphatic rings. The summed E-state index contributed by atoms with van der Waals surface area (Å²) in [6.45, 7) is 7.37. The van der Waals surface area contributed by atoms with Crippen LogP contribution in [0.5, 0.6) is 0 Å². The number of nitrogens with one attached hydrogen (secondary N) is 2. The Labute approximate surface area is 164 Å². The van der Waals surface area contributed by atoms with Crippen molar-refractivity contribution in [2.75, 3.05) is 0 Å². The minimum atomic E-state index is -0.986. The summed E-state index contributed by atoms with van der Waals surface area (Å²) in [6, 6.07) is 9.94. The number of carbonyl (C=O) groups is 3. The maximum Gasteiger partial charge on any atom is 0.329 e. The Balaban J connectivity index is 1.89. The van der Waals surface area contributed by atoms with E-state index in [4.69, 9.17) is 9.15 Å². The number of aryl methyl sites for hydroxylation is 1. The summed E-state index contributed by atoms with van der Waals surface area (Å²) >= 11 is 0. The molecule has 1 aromatic carbocycles. The van der Waals surface area contributed by atoms with Crippen molar-refractivity contribution >= 4 is 17.8 Å². The van der Waals surface area contributed by atoms with Crippen molar-refractivity contribution in [1.29, 1.82) is 0 Å². The molecule has 0 spiro atoms. The Hall–Kier alpha value is -3.09. The van der Waals surface area contributed by atoms with E-state index in [9.17, 15) is 14.4 Å². The summed E-state index contributed by atoms with van der Waals surface area (Å²) in [6.07, 6.45) is 0.387. The molecule has 0 aliphatic heterocycles. The Morgan fingerprint density at radius 3 is 2.32 bits per heavy atom. The second-order valence-electron chi connectivity index (χ2n) is 6.95. The summed E-state index contributed by atoms with van der Waals surface area (Å²) in [7, 11) is 0. The highest BCUT2D eigenvalue weighted by molar-refractivity contribution is 5.95. The average molecular weight is 386 g/mol. The van der Waals surface area contributed by atoms with Gasteiger partial charge < -0.3 is 19.8 Å². The highest BCUT2D eigenvalue weighted by Gasteiger charge is 2.29. The van der Waals surface area contributed by atoms with Gasteiger partial charge in [0.05, 0.1) is 6.26 Å². The average Bonchev–Trinajstić information content (AvgIpc) is 3.19. The molecule has 0 saturated heterocycles. The lowest BCUT2D eigenvalue weighted by Gasteiger charge is -2.22. The molecule has 0 fully saturated rings. The zero-order valence-electron chi connectivity index (χ0n) is 16.5. The fraction of sp³-hybridized carbons (Fsp3) is 0.381. The van der Waals surface area contributed by atoms with Gasteiger partial charge in [-0.05, 0) is 37.5 Å². The lowest BCUT2D eigenvalue weighted by molar-refractivity contribution is -0.157. The molecule has 28 heavy (non-hydrogen) atoms. The molecule has 150 valence electrons. The Morgan fingerprint density at radius 2 is 1.75 bits per heavy atom. The Kier molecular flexibility index (Phi) is 7.37. The molecule has 2 aromatic rings. The molecule has 1 heterocycles. The lowest BCUT2D eigenvalue weighted by Crippen LogP contribution is -2.47. The van der Waals surface area contributed by atoms with Gasteiger partial charge in [0.1, 0.15) is 6.04 Å². The number of esters is 1. The Morgan fingerprint density at radius 1 is 1.07 bits per heavy atom. The van der Waals surface area contributed by atoms with E-state index in [0.717, 1.165) is 11.1 Å². The molecule has 7 nitrogen and oxygen atoms in total. The molecular formula is C21H26N2O5. The summed E-state index contributed by atoms with van der Waals surface area (Å²) in [4.78, 5) is 36.8. The van der Waals surface area contributed by atoms with Gasteiger partial charge in [-0.25, -0.2) is 4.79 Å². The molecule has 2 amide bonds. The van der Waals surface area contributed by atoms with Gasteiger partial charge in [0, 0.05) is 6.54 Å². The van der Waals surface area contributed by atoms with Crippen LogP contribution in [-0.4, -0.2) is 29.9 Å². The number of hydrogen-bond donors (Lipinski definition) is 2. The quantitative estimate of drug-likeness (QED) is 0.680. The van der Waals surface area contributed by atoms with E-state index < -0.39 is 29.9 Å². The van der Waals surface area contributed by atoms with Gasteiger partial charge in [-0.1, -0.05) is 43.7 Å². The highest BCUT2D eigenvalue weighted by Crippen LogP contribution is 2.09. The van der Waals surface area contributed by atoms with Crippen LogP contribution in [0.3, 0.4) is 0 Å². The van der Waals surface area contributed by atoms with Gasteiger partial charge in [0.25, 0.3) is 11.8 Å². The molecule has 0 aliphatic carbocycles. The number of rotatable bonds is 8. The molecular weight excluding hydrogens is 360 g/mol. The fourth-order valence-electron chi connectivity index (χ4n) is 2.46. The number of carbonyl (C=O) groups excluding carboxylic acids is 3. The van der Waals surface area contributed by atoms with Gasteiger partial charge in [0.15, 0.2) is 11.9 Å². The molecule has 2 rings (SSSR count). The van der Waals surface area contributed by atoms with Gasteiger partial charge in [-0.3, -0.25) is 9.59 Å². The van der Waals surface area contributed by atoms with Gasteiger partial charge in [0.2, 0.25) is 0 Å². The van der Waals surface area contributed by atoms with E-state index in [0.29, 0.717) is 6.54 Å². The molecule has 7 heteroatoms. The van der Waals surface area contributed by atoms with Crippen LogP contribution < -0.4 is 10.6 Å². The van der Waals surface area contributed by atoms with Gasteiger partial charge in [-0.15, -0.1) is 0 Å². The van der Waals surface area contributed by atoms with E-state index in [1.807, 2.05) is 31.2 Å². The molecule has 0 radical (unpaired) electrons. The summed E-state index contributed by atoms with van der Waals surface area (Å²) < 4.78 is 10.3. The first-order valence-corrected chi connectivity index (χ1v) is 9.16. The first-order valence-electron chi connectivity index (χ1n) is 9.16. The molecule has 1 aromatic heterocycles. The highest BCUT2D eigenvalue weighted by atomic mass is 16.5. The monoisotopic (exact) mass is 386 g/mol. The molecule has 2 N–H and O–H groups in total. The standard InChI is InChI=1S/C21H26N2O5/c1-13(2)18(23-20(25)17-6-5-11-27-17)21(26)28-15(4)19(24)22-12-16-9-7-14(3)8-10-16/h5-11,13,15,18H,12H2,1-4H3,(H,22,24)(H,23,25)/t15-,18-/m0/s1. The minimum Gasteiger partial charge on any atom is -0.459 e. The van der Waals surface area contributed by atoms with Crippen molar-refractivity contribution in [3.8, 4) is 0 Å². The minimum absolute atomic E-state index is 0.0994. The topological polar surface area (TPSA) is 97.6 Å². The fourth-order valence-corrected chi connectivity index (χ4v) is 2.46. The maximum atomic E-state index is 12.5. The smallest absolute Gasteiger partial charge is 0.329 e. The van der Waals surface area contributed by atoms with E-state index >= 15 is 0 Å². The molecule has 0 saturated carbocycles. The van der Waals surface area contributed by atoms with Gasteiger partial charge >= 0.3 is 5.97 Å². The summed E-state index contributed by atoms with van der Waals surface area (Å²) in [5, 5.41) is 5.32. The van der Waals surface area contributed by atoms with Crippen LogP contribution in [0.4, 0.5) is 0 Å². The number of ether oxygens (including phenoxy) is 1. The normalized spacial score (nSPS) is 12.9. The van der Waals surface area contributed by atoms with E-state index in [1.165, 1.54) is 19.3 Å². The van der Waals surface area contributed by atoms with Crippen molar-refractivity contribution in [1.82, 2.24) is 10.6 Å². The second kappa shape index (κ2) is 9.73. The van der Waals surface area contributed by atoms with Crippen molar-refractivity contribution < 1.29 is 23.5 Å². The predicted molar refractivity (Wildman–Crippen MR) is 103 cm³/mol. The zero-order chi connectivity index (χ0) is 20.7. The van der Waals surface area contributed by atoms with Crippen LogP contribution in [-0.2, 0) is 20.9 Å². The second-order valence-corrected chi connectivity index (χ2v) is 6.95. The first-order chi connectivity index (χ1) is 13.3. The van der Waals surface area contributed by atoms with Crippen LogP contribution in [0.15, 0.2) is 47.1 Å². The largest absolute Gasteiger partial charge is 0.459 e. The van der Waals surface area contributed by atoms with E-state index in [-0.39, 0.29) is 11.7 Å². The van der Waals surface area contributed by atoms with E-state index in [2.05, 4.69) is 10.6 Å². The summed E-state index contributed by atoms with van der Waals surface area (Å²) in [5.74, 6) is -1.73. The third kappa shape index (κ3) is 5.97. The SMILES string of the molecule is Cc1ccc(CNC(=O)[C@H](C)OC(=O)[C@@H](NC(=O)c2ccco2)C(C)C)cc1.